The van der Waals surface area contributed by atoms with Crippen molar-refractivity contribution in [3.8, 4) is 0 Å². The Morgan fingerprint density at radius 2 is 1.86 bits per heavy atom. The van der Waals surface area contributed by atoms with Crippen molar-refractivity contribution in [2.24, 2.45) is 0 Å². The van der Waals surface area contributed by atoms with Crippen molar-refractivity contribution >= 4 is 34.2 Å². The molecule has 2 rings (SSSR count). The Morgan fingerprint density at radius 1 is 1.21 bits per heavy atom. The molecule has 9 heteroatoms. The molecule has 1 unspecified atom stereocenters. The van der Waals surface area contributed by atoms with Crippen LogP contribution in [0.15, 0.2) is 29.2 Å². The maximum Gasteiger partial charge on any atom is 0.269 e. The van der Waals surface area contributed by atoms with E-state index in [1.165, 1.54) is 12.1 Å². The molecule has 1 aliphatic rings. The van der Waals surface area contributed by atoms with Crippen molar-refractivity contribution in [3.05, 3.63) is 29.8 Å². The molecule has 0 saturated carbocycles. The van der Waals surface area contributed by atoms with Gasteiger partial charge in [0, 0.05) is 19.0 Å². The first-order chi connectivity index (χ1) is 12.8. The van der Waals surface area contributed by atoms with E-state index >= 15 is 0 Å². The Hall–Kier alpha value is -1.64. The van der Waals surface area contributed by atoms with Gasteiger partial charge in [-0.25, -0.2) is 12.7 Å². The average Bonchev–Trinajstić information content (AvgIpc) is 2.83. The van der Waals surface area contributed by atoms with Gasteiger partial charge in [0.1, 0.15) is 4.90 Å². The standard InChI is InChI=1S/C19H29N3O4S.ClH/c1-4-21(5-2)13-8-9-15(3)20-18(23)12-14-22-19(24)16-10-6-7-11-17(16)27(22,25)26;/h6-7,10-11,15H,4-5,8-9,12-14H2,1-3H3,(H,20,23);1H. The third kappa shape index (κ3) is 5.68. The van der Waals surface area contributed by atoms with E-state index in [0.29, 0.717) is 0 Å². The SMILES string of the molecule is CCN(CC)CCCC(C)NC(=O)CCN1C(=O)c2ccccc2S1(=O)=O.Cl. The van der Waals surface area contributed by atoms with E-state index in [-0.39, 0.29) is 47.8 Å². The first-order valence-corrected chi connectivity index (χ1v) is 10.9. The zero-order valence-corrected chi connectivity index (χ0v) is 18.3. The number of carbonyl (C=O) groups is 2. The molecule has 2 amide bonds. The van der Waals surface area contributed by atoms with Gasteiger partial charge in [0.05, 0.1) is 5.56 Å². The maximum absolute atomic E-state index is 12.5. The summed E-state index contributed by atoms with van der Waals surface area (Å²) in [5, 5.41) is 2.89. The topological polar surface area (TPSA) is 86.8 Å². The van der Waals surface area contributed by atoms with Crippen molar-refractivity contribution in [1.29, 1.82) is 0 Å². The van der Waals surface area contributed by atoms with E-state index in [0.717, 1.165) is 36.8 Å². The molecule has 1 aromatic rings. The number of halogens is 1. The highest BCUT2D eigenvalue weighted by Gasteiger charge is 2.40. The third-order valence-electron chi connectivity index (χ3n) is 4.87. The number of carbonyl (C=O) groups excluding carboxylic acids is 2. The fourth-order valence-electron chi connectivity index (χ4n) is 3.24. The molecule has 0 aliphatic carbocycles. The molecule has 1 atom stereocenters. The van der Waals surface area contributed by atoms with E-state index in [1.807, 2.05) is 6.92 Å². The Balaban J connectivity index is 0.00000392. The van der Waals surface area contributed by atoms with E-state index in [4.69, 9.17) is 0 Å². The normalized spacial score (nSPS) is 15.9. The number of benzene rings is 1. The molecule has 0 bridgehead atoms. The number of hydrogen-bond acceptors (Lipinski definition) is 5. The van der Waals surface area contributed by atoms with Gasteiger partial charge in [0.2, 0.25) is 5.91 Å². The average molecular weight is 432 g/mol. The van der Waals surface area contributed by atoms with Crippen molar-refractivity contribution in [3.63, 3.8) is 0 Å². The van der Waals surface area contributed by atoms with Crippen molar-refractivity contribution < 1.29 is 18.0 Å². The largest absolute Gasteiger partial charge is 0.354 e. The predicted molar refractivity (Wildman–Crippen MR) is 111 cm³/mol. The Labute approximate surface area is 173 Å². The van der Waals surface area contributed by atoms with Crippen LogP contribution in [-0.2, 0) is 14.8 Å². The second-order valence-electron chi connectivity index (χ2n) is 6.77. The van der Waals surface area contributed by atoms with Crippen LogP contribution in [0.1, 0.15) is 50.4 Å². The van der Waals surface area contributed by atoms with Gasteiger partial charge < -0.3 is 10.2 Å². The van der Waals surface area contributed by atoms with Crippen LogP contribution in [0.4, 0.5) is 0 Å². The molecular formula is C19H30ClN3O4S. The van der Waals surface area contributed by atoms with Crippen molar-refractivity contribution in [1.82, 2.24) is 14.5 Å². The minimum absolute atomic E-state index is 0. The van der Waals surface area contributed by atoms with Crippen LogP contribution in [0, 0.1) is 0 Å². The highest BCUT2D eigenvalue weighted by atomic mass is 35.5. The molecular weight excluding hydrogens is 402 g/mol. The minimum atomic E-state index is -3.85. The number of rotatable bonds is 10. The monoisotopic (exact) mass is 431 g/mol. The lowest BCUT2D eigenvalue weighted by Crippen LogP contribution is -2.37. The molecule has 1 N–H and O–H groups in total. The lowest BCUT2D eigenvalue weighted by atomic mass is 10.1. The van der Waals surface area contributed by atoms with Gasteiger partial charge >= 0.3 is 0 Å². The summed E-state index contributed by atoms with van der Waals surface area (Å²) in [7, 11) is -3.85. The molecule has 158 valence electrons. The quantitative estimate of drug-likeness (QED) is 0.614. The lowest BCUT2D eigenvalue weighted by molar-refractivity contribution is -0.121. The van der Waals surface area contributed by atoms with Gasteiger partial charge in [0.15, 0.2) is 0 Å². The molecule has 7 nitrogen and oxygen atoms in total. The van der Waals surface area contributed by atoms with Crippen LogP contribution in [0.25, 0.3) is 0 Å². The summed E-state index contributed by atoms with van der Waals surface area (Å²) < 4.78 is 25.7. The molecule has 0 spiro atoms. The number of hydrogen-bond donors (Lipinski definition) is 1. The van der Waals surface area contributed by atoms with Crippen LogP contribution in [0.3, 0.4) is 0 Å². The van der Waals surface area contributed by atoms with Gasteiger partial charge in [0.25, 0.3) is 15.9 Å². The smallest absolute Gasteiger partial charge is 0.269 e. The van der Waals surface area contributed by atoms with Crippen LogP contribution < -0.4 is 5.32 Å². The van der Waals surface area contributed by atoms with Crippen LogP contribution >= 0.6 is 12.4 Å². The number of sulfonamides is 1. The Kier molecular flexibility index (Phi) is 9.39. The zero-order valence-electron chi connectivity index (χ0n) is 16.7. The molecule has 1 heterocycles. The van der Waals surface area contributed by atoms with Gasteiger partial charge in [-0.2, -0.15) is 0 Å². The fraction of sp³-hybridized carbons (Fsp3) is 0.579. The van der Waals surface area contributed by atoms with E-state index < -0.39 is 15.9 Å². The Morgan fingerprint density at radius 3 is 2.46 bits per heavy atom. The second kappa shape index (κ2) is 10.8. The highest BCUT2D eigenvalue weighted by molar-refractivity contribution is 7.90. The van der Waals surface area contributed by atoms with Gasteiger partial charge in [-0.05, 0) is 51.5 Å². The number of nitrogens with zero attached hydrogens (tertiary/aromatic N) is 2. The van der Waals surface area contributed by atoms with Crippen LogP contribution in [0.2, 0.25) is 0 Å². The van der Waals surface area contributed by atoms with Gasteiger partial charge in [-0.1, -0.05) is 26.0 Å². The molecule has 1 aromatic carbocycles. The molecule has 0 fully saturated rings. The molecule has 0 saturated heterocycles. The lowest BCUT2D eigenvalue weighted by Gasteiger charge is -2.20. The summed E-state index contributed by atoms with van der Waals surface area (Å²) in [6.45, 7) is 9.06. The summed E-state index contributed by atoms with van der Waals surface area (Å²) in [5.41, 5.74) is 0.169. The summed E-state index contributed by atoms with van der Waals surface area (Å²) in [6, 6.07) is 6.13. The molecule has 28 heavy (non-hydrogen) atoms. The third-order valence-corrected chi connectivity index (χ3v) is 6.71. The maximum atomic E-state index is 12.5. The van der Waals surface area contributed by atoms with Gasteiger partial charge in [-0.3, -0.25) is 9.59 Å². The number of amides is 2. The van der Waals surface area contributed by atoms with E-state index in [2.05, 4.69) is 24.1 Å². The number of nitrogens with one attached hydrogen (secondary N) is 1. The summed E-state index contributed by atoms with van der Waals surface area (Å²) in [4.78, 5) is 26.8. The predicted octanol–water partition coefficient (Wildman–Crippen LogP) is 2.27. The Bertz CT molecular complexity index is 781. The summed E-state index contributed by atoms with van der Waals surface area (Å²) in [6.07, 6.45) is 1.80. The molecule has 1 aliphatic heterocycles. The minimum Gasteiger partial charge on any atom is -0.354 e. The zero-order chi connectivity index (χ0) is 20.0. The molecule has 0 radical (unpaired) electrons. The first-order valence-electron chi connectivity index (χ1n) is 9.49. The second-order valence-corrected chi connectivity index (χ2v) is 8.60. The molecule has 0 aromatic heterocycles. The first kappa shape index (κ1) is 24.4. The summed E-state index contributed by atoms with van der Waals surface area (Å²) >= 11 is 0. The fourth-order valence-corrected chi connectivity index (χ4v) is 4.80. The number of fused-ring (bicyclic) bond motifs is 1. The summed E-state index contributed by atoms with van der Waals surface area (Å²) in [5.74, 6) is -0.810. The van der Waals surface area contributed by atoms with E-state index in [1.54, 1.807) is 12.1 Å². The van der Waals surface area contributed by atoms with Crippen LogP contribution in [0.5, 0.6) is 0 Å². The van der Waals surface area contributed by atoms with E-state index in [9.17, 15) is 18.0 Å². The van der Waals surface area contributed by atoms with Crippen LogP contribution in [-0.4, -0.2) is 61.7 Å². The van der Waals surface area contributed by atoms with Gasteiger partial charge in [-0.15, -0.1) is 12.4 Å². The van der Waals surface area contributed by atoms with Crippen molar-refractivity contribution in [2.45, 2.75) is 51.0 Å². The van der Waals surface area contributed by atoms with Crippen molar-refractivity contribution in [2.75, 3.05) is 26.2 Å². The highest BCUT2D eigenvalue weighted by Crippen LogP contribution is 2.29.